The van der Waals surface area contributed by atoms with Crippen LogP contribution < -0.4 is 10.1 Å². The quantitative estimate of drug-likeness (QED) is 0.240. The normalized spacial score (nSPS) is 20.9. The number of rotatable bonds is 7. The van der Waals surface area contributed by atoms with Crippen LogP contribution in [-0.2, 0) is 4.74 Å². The van der Waals surface area contributed by atoms with Gasteiger partial charge in [-0.05, 0) is 87.2 Å². The lowest BCUT2D eigenvalue weighted by Crippen LogP contribution is -2.53. The smallest absolute Gasteiger partial charge is 0.251 e. The summed E-state index contributed by atoms with van der Waals surface area (Å²) in [5.74, 6) is 1.27. The van der Waals surface area contributed by atoms with Gasteiger partial charge in [0, 0.05) is 53.9 Å². The fraction of sp³-hybridized carbons (Fsp3) is 0.400. The summed E-state index contributed by atoms with van der Waals surface area (Å²) in [5.41, 5.74) is 6.13. The van der Waals surface area contributed by atoms with Crippen LogP contribution in [0.1, 0.15) is 54.4 Å². The minimum absolute atomic E-state index is 0.0204. The molecule has 0 unspecified atom stereocenters. The monoisotopic (exact) mass is 576 g/mol. The van der Waals surface area contributed by atoms with Crippen molar-refractivity contribution in [3.05, 3.63) is 77.3 Å². The molecule has 2 saturated heterocycles. The van der Waals surface area contributed by atoms with E-state index < -0.39 is 0 Å². The summed E-state index contributed by atoms with van der Waals surface area (Å²) in [4.78, 5) is 23.9. The Hall–Kier alpha value is -4.19. The van der Waals surface area contributed by atoms with Gasteiger partial charge in [-0.15, -0.1) is 0 Å². The van der Waals surface area contributed by atoms with Crippen LogP contribution in [0, 0.1) is 13.5 Å². The number of ether oxygens (including phenoxy) is 2. The maximum atomic E-state index is 13.0. The number of carbonyl (C=O) groups excluding carboxylic acids is 1. The van der Waals surface area contributed by atoms with Crippen molar-refractivity contribution in [3.8, 4) is 28.2 Å². The van der Waals surface area contributed by atoms with Crippen LogP contribution in [0.25, 0.3) is 38.4 Å². The molecular weight excluding hydrogens is 540 g/mol. The first-order valence-electron chi connectivity index (χ1n) is 15.4. The summed E-state index contributed by atoms with van der Waals surface area (Å²) in [6, 6.07) is 16.2. The number of pyridine rings is 1. The highest BCUT2D eigenvalue weighted by molar-refractivity contribution is 5.96. The van der Waals surface area contributed by atoms with Crippen molar-refractivity contribution in [1.82, 2.24) is 15.2 Å². The molecule has 2 aliphatic heterocycles. The largest absolute Gasteiger partial charge is 0.501 e. The SMILES string of the molecule is [C-]#[N+]c1cc(-c2ccnc3cc(-c4ccc(C(=O)NC5CC(N6CCCC6)C5)cc4C)oc23)ccc1OC1CCOCC1. The molecule has 0 spiro atoms. The van der Waals surface area contributed by atoms with E-state index in [9.17, 15) is 4.79 Å². The van der Waals surface area contributed by atoms with Crippen molar-refractivity contribution in [2.75, 3.05) is 26.3 Å². The average Bonchev–Trinajstić information content (AvgIpc) is 3.70. The van der Waals surface area contributed by atoms with Crippen LogP contribution in [0.2, 0.25) is 0 Å². The van der Waals surface area contributed by atoms with E-state index in [4.69, 9.17) is 20.5 Å². The molecule has 1 saturated carbocycles. The van der Waals surface area contributed by atoms with Crippen LogP contribution in [0.3, 0.4) is 0 Å². The Morgan fingerprint density at radius 2 is 1.86 bits per heavy atom. The van der Waals surface area contributed by atoms with Gasteiger partial charge in [0.15, 0.2) is 5.58 Å². The second-order valence-electron chi connectivity index (χ2n) is 12.0. The number of benzene rings is 2. The Morgan fingerprint density at radius 1 is 1.05 bits per heavy atom. The minimum atomic E-state index is -0.0204. The van der Waals surface area contributed by atoms with E-state index in [2.05, 4.69) is 20.0 Å². The lowest BCUT2D eigenvalue weighted by Gasteiger charge is -2.41. The Balaban J connectivity index is 1.08. The van der Waals surface area contributed by atoms with Gasteiger partial charge < -0.3 is 24.1 Å². The molecule has 1 amide bonds. The third kappa shape index (κ3) is 5.63. The molecule has 8 nitrogen and oxygen atoms in total. The van der Waals surface area contributed by atoms with Crippen LogP contribution in [0.5, 0.6) is 5.75 Å². The highest BCUT2D eigenvalue weighted by atomic mass is 16.5. The summed E-state index contributed by atoms with van der Waals surface area (Å²) in [5, 5.41) is 3.22. The number of carbonyl (C=O) groups is 1. The van der Waals surface area contributed by atoms with Gasteiger partial charge in [0.05, 0.1) is 19.8 Å². The second kappa shape index (κ2) is 11.8. The molecule has 2 aromatic carbocycles. The molecule has 3 aliphatic rings. The van der Waals surface area contributed by atoms with Gasteiger partial charge >= 0.3 is 0 Å². The van der Waals surface area contributed by atoms with E-state index in [0.717, 1.165) is 53.5 Å². The number of hydrogen-bond acceptors (Lipinski definition) is 6. The summed E-state index contributed by atoms with van der Waals surface area (Å²) < 4.78 is 18.0. The molecule has 0 bridgehead atoms. The van der Waals surface area contributed by atoms with Crippen molar-refractivity contribution >= 4 is 22.7 Å². The highest BCUT2D eigenvalue weighted by Crippen LogP contribution is 2.39. The molecule has 3 fully saturated rings. The lowest BCUT2D eigenvalue weighted by molar-refractivity contribution is 0.0259. The van der Waals surface area contributed by atoms with E-state index in [0.29, 0.717) is 47.6 Å². The zero-order chi connectivity index (χ0) is 29.3. The van der Waals surface area contributed by atoms with E-state index in [1.54, 1.807) is 6.20 Å². The number of aryl methyl sites for hydroxylation is 1. The molecular formula is C35H36N4O4. The number of hydrogen-bond donors (Lipinski definition) is 1. The first kappa shape index (κ1) is 27.6. The van der Waals surface area contributed by atoms with Gasteiger partial charge in [0.1, 0.15) is 23.1 Å². The Kier molecular flexibility index (Phi) is 7.60. The second-order valence-corrected chi connectivity index (χ2v) is 12.0. The minimum Gasteiger partial charge on any atom is -0.501 e. The Labute approximate surface area is 251 Å². The molecule has 43 heavy (non-hydrogen) atoms. The molecule has 8 heteroatoms. The molecule has 1 N–H and O–H groups in total. The maximum absolute atomic E-state index is 13.0. The number of amides is 1. The number of likely N-dealkylation sites (tertiary alicyclic amines) is 1. The third-order valence-electron chi connectivity index (χ3n) is 9.12. The number of nitrogens with zero attached hydrogens (tertiary/aromatic N) is 3. The molecule has 2 aromatic heterocycles. The standard InChI is InChI=1S/C35H36N4O4/c1-22-17-24(35(40)38-25-19-26(20-25)39-13-3-4-14-39)5-7-28(22)33-21-31-34(43-33)29(9-12-37-31)23-6-8-32(30(18-23)36-2)42-27-10-15-41-16-11-27/h5-9,12,17-18,21,25-27H,3-4,10-11,13-16,19-20H2,1H3,(H,38,40). The van der Waals surface area contributed by atoms with E-state index in [-0.39, 0.29) is 18.1 Å². The van der Waals surface area contributed by atoms with Crippen molar-refractivity contribution in [2.45, 2.75) is 63.6 Å². The number of fused-ring (bicyclic) bond motifs is 1. The van der Waals surface area contributed by atoms with Crippen molar-refractivity contribution < 1.29 is 18.7 Å². The van der Waals surface area contributed by atoms with E-state index in [1.807, 2.05) is 55.5 Å². The molecule has 0 atom stereocenters. The number of nitrogens with one attached hydrogen (secondary N) is 1. The predicted molar refractivity (Wildman–Crippen MR) is 165 cm³/mol. The van der Waals surface area contributed by atoms with Gasteiger partial charge in [-0.1, -0.05) is 12.1 Å². The van der Waals surface area contributed by atoms with Gasteiger partial charge in [0.25, 0.3) is 5.91 Å². The maximum Gasteiger partial charge on any atom is 0.251 e. The molecule has 0 radical (unpaired) electrons. The summed E-state index contributed by atoms with van der Waals surface area (Å²) in [7, 11) is 0. The number of aromatic nitrogens is 1. The van der Waals surface area contributed by atoms with Crippen LogP contribution in [0.4, 0.5) is 5.69 Å². The van der Waals surface area contributed by atoms with Gasteiger partial charge in [0.2, 0.25) is 5.69 Å². The van der Waals surface area contributed by atoms with Crippen LogP contribution in [0.15, 0.2) is 59.1 Å². The summed E-state index contributed by atoms with van der Waals surface area (Å²) in [6.07, 6.45) is 8.14. The molecule has 1 aliphatic carbocycles. The van der Waals surface area contributed by atoms with Gasteiger partial charge in [-0.2, -0.15) is 0 Å². The zero-order valence-corrected chi connectivity index (χ0v) is 24.5. The van der Waals surface area contributed by atoms with Gasteiger partial charge in [-0.3, -0.25) is 9.78 Å². The molecule has 220 valence electrons. The molecule has 4 aromatic rings. The van der Waals surface area contributed by atoms with Crippen molar-refractivity contribution in [3.63, 3.8) is 0 Å². The lowest BCUT2D eigenvalue weighted by atomic mass is 9.85. The van der Waals surface area contributed by atoms with Crippen LogP contribution in [-0.4, -0.2) is 60.3 Å². The van der Waals surface area contributed by atoms with Crippen LogP contribution >= 0.6 is 0 Å². The fourth-order valence-corrected chi connectivity index (χ4v) is 6.60. The first-order chi connectivity index (χ1) is 21.1. The molecule has 7 rings (SSSR count). The average molecular weight is 577 g/mol. The van der Waals surface area contributed by atoms with Crippen molar-refractivity contribution in [2.24, 2.45) is 0 Å². The summed E-state index contributed by atoms with van der Waals surface area (Å²) in [6.45, 7) is 13.5. The zero-order valence-electron chi connectivity index (χ0n) is 24.5. The Bertz CT molecular complexity index is 1690. The fourth-order valence-electron chi connectivity index (χ4n) is 6.60. The van der Waals surface area contributed by atoms with Crippen molar-refractivity contribution in [1.29, 1.82) is 0 Å². The number of furan rings is 1. The van der Waals surface area contributed by atoms with E-state index in [1.165, 1.54) is 25.9 Å². The Morgan fingerprint density at radius 3 is 2.63 bits per heavy atom. The highest BCUT2D eigenvalue weighted by Gasteiger charge is 2.35. The first-order valence-corrected chi connectivity index (χ1v) is 15.4. The molecule has 4 heterocycles. The third-order valence-corrected chi connectivity index (χ3v) is 9.12. The van der Waals surface area contributed by atoms with E-state index >= 15 is 0 Å². The van der Waals surface area contributed by atoms with Gasteiger partial charge in [-0.25, -0.2) is 4.85 Å². The predicted octanol–water partition coefficient (Wildman–Crippen LogP) is 6.94. The topological polar surface area (TPSA) is 81.2 Å². The summed E-state index contributed by atoms with van der Waals surface area (Å²) >= 11 is 0.